The number of hydrogen-bond donors (Lipinski definition) is 2. The fourth-order valence-electron chi connectivity index (χ4n) is 6.32. The molecular weight excluding hydrogens is 298 g/mol. The Kier molecular flexibility index (Phi) is 5.10. The van der Waals surface area contributed by atoms with Crippen molar-refractivity contribution in [1.82, 2.24) is 5.32 Å². The molecule has 0 saturated heterocycles. The quantitative estimate of drug-likeness (QED) is 0.734. The molecule has 0 aromatic heterocycles. The molecule has 4 saturated carbocycles. The lowest BCUT2D eigenvalue weighted by Gasteiger charge is -2.56. The van der Waals surface area contributed by atoms with Crippen molar-refractivity contribution in [3.05, 3.63) is 0 Å². The number of hydrogen-bond acceptors (Lipinski definition) is 3. The van der Waals surface area contributed by atoms with Crippen LogP contribution in [0.5, 0.6) is 0 Å². The Hall–Kier alpha value is -0.120. The van der Waals surface area contributed by atoms with Crippen LogP contribution in [0.15, 0.2) is 0 Å². The summed E-state index contributed by atoms with van der Waals surface area (Å²) < 4.78 is 6.38. The molecular formula is C21H39NO2. The van der Waals surface area contributed by atoms with E-state index in [-0.39, 0.29) is 16.6 Å². The van der Waals surface area contributed by atoms with E-state index in [2.05, 4.69) is 39.9 Å². The van der Waals surface area contributed by atoms with Crippen LogP contribution in [0.3, 0.4) is 0 Å². The molecule has 3 heteroatoms. The van der Waals surface area contributed by atoms with Crippen molar-refractivity contribution in [3.63, 3.8) is 0 Å². The molecule has 0 amide bonds. The molecule has 0 spiro atoms. The molecule has 2 N–H and O–H groups in total. The van der Waals surface area contributed by atoms with Crippen molar-refractivity contribution in [3.8, 4) is 0 Å². The molecule has 0 unspecified atom stereocenters. The van der Waals surface area contributed by atoms with Gasteiger partial charge in [-0.3, -0.25) is 0 Å². The maximum atomic E-state index is 10.4. The van der Waals surface area contributed by atoms with Crippen molar-refractivity contribution >= 4 is 0 Å². The molecule has 0 aliphatic heterocycles. The topological polar surface area (TPSA) is 41.5 Å². The van der Waals surface area contributed by atoms with Crippen LogP contribution in [0, 0.1) is 23.2 Å². The summed E-state index contributed by atoms with van der Waals surface area (Å²) in [7, 11) is 0. The van der Waals surface area contributed by atoms with E-state index in [0.29, 0.717) is 13.2 Å². The summed E-state index contributed by atoms with van der Waals surface area (Å²) in [5.74, 6) is 2.70. The highest BCUT2D eigenvalue weighted by atomic mass is 16.5. The number of aliphatic hydroxyl groups excluding tert-OH is 1. The van der Waals surface area contributed by atoms with Crippen LogP contribution in [-0.2, 0) is 4.74 Å². The number of nitrogens with one attached hydrogen (secondary N) is 1. The van der Waals surface area contributed by atoms with Gasteiger partial charge in [-0.1, -0.05) is 20.8 Å². The lowest BCUT2D eigenvalue weighted by Crippen LogP contribution is -2.53. The van der Waals surface area contributed by atoms with E-state index in [1.54, 1.807) is 0 Å². The van der Waals surface area contributed by atoms with E-state index < -0.39 is 6.10 Å². The molecule has 24 heavy (non-hydrogen) atoms. The first-order valence-electron chi connectivity index (χ1n) is 10.1. The molecule has 0 aromatic rings. The maximum Gasteiger partial charge on any atom is 0.0898 e. The minimum Gasteiger partial charge on any atom is -0.389 e. The van der Waals surface area contributed by atoms with Crippen LogP contribution in [0.25, 0.3) is 0 Å². The van der Waals surface area contributed by atoms with Crippen molar-refractivity contribution < 1.29 is 9.84 Å². The molecule has 4 aliphatic carbocycles. The fourth-order valence-corrected chi connectivity index (χ4v) is 6.32. The third-order valence-electron chi connectivity index (χ3n) is 6.35. The van der Waals surface area contributed by atoms with Gasteiger partial charge < -0.3 is 15.2 Å². The first kappa shape index (κ1) is 18.7. The summed E-state index contributed by atoms with van der Waals surface area (Å²) in [6.45, 7) is 12.4. The largest absolute Gasteiger partial charge is 0.389 e. The molecule has 3 nitrogen and oxygen atoms in total. The maximum absolute atomic E-state index is 10.4. The van der Waals surface area contributed by atoms with Gasteiger partial charge in [0.2, 0.25) is 0 Å². The van der Waals surface area contributed by atoms with E-state index in [9.17, 15) is 5.11 Å². The summed E-state index contributed by atoms with van der Waals surface area (Å²) in [6.07, 6.45) is 8.73. The summed E-state index contributed by atoms with van der Waals surface area (Å²) in [4.78, 5) is 0. The van der Waals surface area contributed by atoms with Gasteiger partial charge in [0.05, 0.1) is 18.3 Å². The van der Waals surface area contributed by atoms with Crippen LogP contribution in [-0.4, -0.2) is 35.5 Å². The van der Waals surface area contributed by atoms with Crippen LogP contribution < -0.4 is 5.32 Å². The van der Waals surface area contributed by atoms with Crippen LogP contribution >= 0.6 is 0 Å². The van der Waals surface area contributed by atoms with Crippen molar-refractivity contribution in [2.45, 2.75) is 96.8 Å². The summed E-state index contributed by atoms with van der Waals surface area (Å²) in [5, 5.41) is 14.0. The Bertz CT molecular complexity index is 402. The first-order valence-corrected chi connectivity index (χ1v) is 10.1. The van der Waals surface area contributed by atoms with Gasteiger partial charge in [-0.15, -0.1) is 0 Å². The molecule has 4 fully saturated rings. The molecule has 1 atom stereocenters. The molecule has 140 valence electrons. The summed E-state index contributed by atoms with van der Waals surface area (Å²) in [5.41, 5.74) is 0.438. The Morgan fingerprint density at radius 2 is 1.50 bits per heavy atom. The highest BCUT2D eigenvalue weighted by Crippen LogP contribution is 2.57. The average Bonchev–Trinajstić information content (AvgIpc) is 2.39. The van der Waals surface area contributed by atoms with Crippen molar-refractivity contribution in [2.75, 3.05) is 13.2 Å². The second kappa shape index (κ2) is 6.55. The number of aliphatic hydroxyl groups is 1. The molecule has 0 radical (unpaired) electrons. The fraction of sp³-hybridized carbons (Fsp3) is 1.00. The standard InChI is InChI=1S/C21H39NO2/c1-19(2,3)14-20(4,5)22-12-18(23)13-24-21-9-15-6-16(10-21)8-17(7-15)11-21/h15-18,22-23H,6-14H2,1-5H3/t15?,16?,17?,18-,21?/m1/s1. The minimum atomic E-state index is -0.405. The van der Waals surface area contributed by atoms with Crippen LogP contribution in [0.1, 0.15) is 79.6 Å². The monoisotopic (exact) mass is 337 g/mol. The molecule has 4 rings (SSSR count). The van der Waals surface area contributed by atoms with Gasteiger partial charge >= 0.3 is 0 Å². The zero-order valence-electron chi connectivity index (χ0n) is 16.5. The Labute approximate surface area is 148 Å². The lowest BCUT2D eigenvalue weighted by atomic mass is 9.54. The van der Waals surface area contributed by atoms with Gasteiger partial charge in [-0.05, 0) is 82.0 Å². The summed E-state index contributed by atoms with van der Waals surface area (Å²) in [6, 6.07) is 0. The molecule has 0 aromatic carbocycles. The predicted molar refractivity (Wildman–Crippen MR) is 99.0 cm³/mol. The predicted octanol–water partition coefficient (Wildman–Crippen LogP) is 4.14. The average molecular weight is 338 g/mol. The van der Waals surface area contributed by atoms with Crippen molar-refractivity contribution in [1.29, 1.82) is 0 Å². The number of β-amino-alcohol motifs (C(OH)–C–C–N with tert-alkyl or cyclic N) is 1. The lowest BCUT2D eigenvalue weighted by molar-refractivity contribution is -0.174. The zero-order valence-corrected chi connectivity index (χ0v) is 16.5. The number of rotatable bonds is 7. The smallest absolute Gasteiger partial charge is 0.0898 e. The highest BCUT2D eigenvalue weighted by molar-refractivity contribution is 5.03. The van der Waals surface area contributed by atoms with Gasteiger partial charge in [0.25, 0.3) is 0 Å². The third kappa shape index (κ3) is 4.74. The van der Waals surface area contributed by atoms with Gasteiger partial charge in [-0.2, -0.15) is 0 Å². The second-order valence-electron chi connectivity index (χ2n) is 11.1. The Morgan fingerprint density at radius 3 is 1.96 bits per heavy atom. The minimum absolute atomic E-state index is 0.0416. The number of ether oxygens (including phenoxy) is 1. The molecule has 4 aliphatic rings. The first-order chi connectivity index (χ1) is 11.0. The van der Waals surface area contributed by atoms with E-state index in [1.807, 2.05) is 0 Å². The Morgan fingerprint density at radius 1 is 1.00 bits per heavy atom. The van der Waals surface area contributed by atoms with Gasteiger partial charge in [-0.25, -0.2) is 0 Å². The summed E-state index contributed by atoms with van der Waals surface area (Å²) >= 11 is 0. The van der Waals surface area contributed by atoms with Crippen LogP contribution in [0.2, 0.25) is 0 Å². The SMILES string of the molecule is CC(C)(C)CC(C)(C)NC[C@@H](O)COC12CC3CC(CC(C3)C1)C2. The normalized spacial score (nSPS) is 37.0. The zero-order chi connectivity index (χ0) is 17.6. The molecule has 0 heterocycles. The van der Waals surface area contributed by atoms with E-state index in [0.717, 1.165) is 24.2 Å². The van der Waals surface area contributed by atoms with E-state index >= 15 is 0 Å². The Balaban J connectivity index is 1.44. The van der Waals surface area contributed by atoms with E-state index in [4.69, 9.17) is 4.74 Å². The van der Waals surface area contributed by atoms with Gasteiger partial charge in [0, 0.05) is 12.1 Å². The van der Waals surface area contributed by atoms with Gasteiger partial charge in [0.15, 0.2) is 0 Å². The molecule has 4 bridgehead atoms. The van der Waals surface area contributed by atoms with Gasteiger partial charge in [0.1, 0.15) is 0 Å². The van der Waals surface area contributed by atoms with Crippen molar-refractivity contribution in [2.24, 2.45) is 23.2 Å². The second-order valence-corrected chi connectivity index (χ2v) is 11.1. The van der Waals surface area contributed by atoms with E-state index in [1.165, 1.54) is 38.5 Å². The highest BCUT2D eigenvalue weighted by Gasteiger charge is 2.51. The van der Waals surface area contributed by atoms with Crippen LogP contribution in [0.4, 0.5) is 0 Å². The third-order valence-corrected chi connectivity index (χ3v) is 6.35.